The third-order valence-electron chi connectivity index (χ3n) is 3.43. The van der Waals surface area contributed by atoms with Crippen LogP contribution in [0.2, 0.25) is 0 Å². The highest BCUT2D eigenvalue weighted by atomic mass is 16.6. The maximum absolute atomic E-state index is 11.9. The summed E-state index contributed by atoms with van der Waals surface area (Å²) in [5.74, 6) is 0.336. The SMILES string of the molecule is C[C@H]1CN(C(=O)OCc2ccccc2)CC[C@@H]1N. The topological polar surface area (TPSA) is 55.6 Å². The van der Waals surface area contributed by atoms with Crippen LogP contribution in [0.25, 0.3) is 0 Å². The molecule has 1 amide bonds. The molecule has 2 N–H and O–H groups in total. The van der Waals surface area contributed by atoms with Crippen molar-refractivity contribution in [1.82, 2.24) is 4.90 Å². The van der Waals surface area contributed by atoms with Gasteiger partial charge in [0.25, 0.3) is 0 Å². The Morgan fingerprint density at radius 1 is 1.44 bits per heavy atom. The summed E-state index contributed by atoms with van der Waals surface area (Å²) in [5.41, 5.74) is 6.93. The Labute approximate surface area is 108 Å². The Bertz CT molecular complexity index is 394. The van der Waals surface area contributed by atoms with Gasteiger partial charge in [0.2, 0.25) is 0 Å². The third-order valence-corrected chi connectivity index (χ3v) is 3.43. The molecule has 18 heavy (non-hydrogen) atoms. The highest BCUT2D eigenvalue weighted by molar-refractivity contribution is 5.67. The number of hydrogen-bond donors (Lipinski definition) is 1. The maximum atomic E-state index is 11.9. The van der Waals surface area contributed by atoms with E-state index < -0.39 is 0 Å². The summed E-state index contributed by atoms with van der Waals surface area (Å²) in [4.78, 5) is 13.6. The molecule has 1 aliphatic rings. The zero-order chi connectivity index (χ0) is 13.0. The molecule has 0 bridgehead atoms. The molecular formula is C14H20N2O2. The molecule has 0 radical (unpaired) electrons. The van der Waals surface area contributed by atoms with E-state index >= 15 is 0 Å². The number of amides is 1. The second-order valence-corrected chi connectivity index (χ2v) is 4.92. The van der Waals surface area contributed by atoms with Crippen molar-refractivity contribution in [2.75, 3.05) is 13.1 Å². The van der Waals surface area contributed by atoms with Gasteiger partial charge in [0.05, 0.1) is 0 Å². The van der Waals surface area contributed by atoms with Crippen molar-refractivity contribution in [3.63, 3.8) is 0 Å². The quantitative estimate of drug-likeness (QED) is 0.870. The second-order valence-electron chi connectivity index (χ2n) is 4.92. The molecule has 1 aromatic rings. The molecule has 1 aromatic carbocycles. The van der Waals surface area contributed by atoms with Crippen LogP contribution in [-0.4, -0.2) is 30.1 Å². The lowest BCUT2D eigenvalue weighted by atomic mass is 9.95. The summed E-state index contributed by atoms with van der Waals surface area (Å²) >= 11 is 0. The molecule has 0 unspecified atom stereocenters. The fraction of sp³-hybridized carbons (Fsp3) is 0.500. The van der Waals surface area contributed by atoms with Crippen molar-refractivity contribution in [2.45, 2.75) is 26.0 Å². The summed E-state index contributed by atoms with van der Waals surface area (Å²) in [6.07, 6.45) is 0.610. The molecule has 1 fully saturated rings. The number of ether oxygens (including phenoxy) is 1. The smallest absolute Gasteiger partial charge is 0.410 e. The second kappa shape index (κ2) is 5.87. The van der Waals surface area contributed by atoms with E-state index in [9.17, 15) is 4.79 Å². The minimum atomic E-state index is -0.238. The van der Waals surface area contributed by atoms with E-state index in [1.165, 1.54) is 0 Å². The Kier molecular flexibility index (Phi) is 4.20. The van der Waals surface area contributed by atoms with Gasteiger partial charge in [0, 0.05) is 19.1 Å². The predicted octanol–water partition coefficient (Wildman–Crippen LogP) is 1.99. The summed E-state index contributed by atoms with van der Waals surface area (Å²) in [6, 6.07) is 9.91. The van der Waals surface area contributed by atoms with Gasteiger partial charge in [-0.2, -0.15) is 0 Å². The number of carbonyl (C=O) groups is 1. The Balaban J connectivity index is 1.82. The molecular weight excluding hydrogens is 228 g/mol. The zero-order valence-electron chi connectivity index (χ0n) is 10.7. The van der Waals surface area contributed by atoms with Crippen LogP contribution in [0.3, 0.4) is 0 Å². The molecule has 98 valence electrons. The number of carbonyl (C=O) groups excluding carboxylic acids is 1. The Hall–Kier alpha value is -1.55. The lowest BCUT2D eigenvalue weighted by Gasteiger charge is -2.34. The summed E-state index contributed by atoms with van der Waals surface area (Å²) in [7, 11) is 0. The molecule has 0 saturated carbocycles. The average Bonchev–Trinajstić information content (AvgIpc) is 2.40. The van der Waals surface area contributed by atoms with Crippen LogP contribution in [0.1, 0.15) is 18.9 Å². The lowest BCUT2D eigenvalue weighted by Crippen LogP contribution is -2.48. The van der Waals surface area contributed by atoms with E-state index in [1.54, 1.807) is 4.90 Å². The highest BCUT2D eigenvalue weighted by Crippen LogP contribution is 2.16. The van der Waals surface area contributed by atoms with Gasteiger partial charge in [-0.25, -0.2) is 4.79 Å². The number of nitrogens with two attached hydrogens (primary N) is 1. The molecule has 0 aromatic heterocycles. The van der Waals surface area contributed by atoms with Crippen LogP contribution in [0, 0.1) is 5.92 Å². The van der Waals surface area contributed by atoms with Crippen molar-refractivity contribution in [3.8, 4) is 0 Å². The van der Waals surface area contributed by atoms with E-state index in [1.807, 2.05) is 30.3 Å². The normalized spacial score (nSPS) is 23.8. The van der Waals surface area contributed by atoms with Gasteiger partial charge in [-0.05, 0) is 17.9 Å². The molecule has 4 nitrogen and oxygen atoms in total. The fourth-order valence-corrected chi connectivity index (χ4v) is 2.14. The van der Waals surface area contributed by atoms with E-state index in [4.69, 9.17) is 10.5 Å². The number of benzene rings is 1. The Morgan fingerprint density at radius 3 is 2.83 bits per heavy atom. The molecule has 4 heteroatoms. The molecule has 1 aliphatic heterocycles. The lowest BCUT2D eigenvalue weighted by molar-refractivity contribution is 0.0772. The first kappa shape index (κ1) is 12.9. The van der Waals surface area contributed by atoms with Gasteiger partial charge in [0.15, 0.2) is 0 Å². The van der Waals surface area contributed by atoms with Gasteiger partial charge in [-0.1, -0.05) is 37.3 Å². The largest absolute Gasteiger partial charge is 0.445 e. The van der Waals surface area contributed by atoms with Gasteiger partial charge in [-0.3, -0.25) is 0 Å². The van der Waals surface area contributed by atoms with E-state index in [0.29, 0.717) is 25.6 Å². The van der Waals surface area contributed by atoms with Crippen LogP contribution in [0.5, 0.6) is 0 Å². The molecule has 0 aliphatic carbocycles. The van der Waals surface area contributed by atoms with Crippen LogP contribution >= 0.6 is 0 Å². The maximum Gasteiger partial charge on any atom is 0.410 e. The Morgan fingerprint density at radius 2 is 2.17 bits per heavy atom. The number of rotatable bonds is 2. The van der Waals surface area contributed by atoms with E-state index in [2.05, 4.69) is 6.92 Å². The minimum absolute atomic E-state index is 0.197. The van der Waals surface area contributed by atoms with Crippen molar-refractivity contribution in [3.05, 3.63) is 35.9 Å². The predicted molar refractivity (Wildman–Crippen MR) is 70.0 cm³/mol. The van der Waals surface area contributed by atoms with E-state index in [-0.39, 0.29) is 12.1 Å². The highest BCUT2D eigenvalue weighted by Gasteiger charge is 2.26. The number of piperidine rings is 1. The van der Waals surface area contributed by atoms with E-state index in [0.717, 1.165) is 12.0 Å². The number of hydrogen-bond acceptors (Lipinski definition) is 3. The first-order valence-corrected chi connectivity index (χ1v) is 6.38. The number of likely N-dealkylation sites (tertiary alicyclic amines) is 1. The van der Waals surface area contributed by atoms with Gasteiger partial charge < -0.3 is 15.4 Å². The minimum Gasteiger partial charge on any atom is -0.445 e. The summed E-state index contributed by atoms with van der Waals surface area (Å²) in [6.45, 7) is 3.78. The average molecular weight is 248 g/mol. The third kappa shape index (κ3) is 3.23. The molecule has 2 rings (SSSR count). The van der Waals surface area contributed by atoms with Crippen molar-refractivity contribution >= 4 is 6.09 Å². The molecule has 1 saturated heterocycles. The van der Waals surface area contributed by atoms with Crippen molar-refractivity contribution in [1.29, 1.82) is 0 Å². The van der Waals surface area contributed by atoms with Crippen LogP contribution < -0.4 is 5.73 Å². The van der Waals surface area contributed by atoms with Crippen LogP contribution in [0.4, 0.5) is 4.79 Å². The van der Waals surface area contributed by atoms with Crippen molar-refractivity contribution < 1.29 is 9.53 Å². The summed E-state index contributed by atoms with van der Waals surface area (Å²) < 4.78 is 5.30. The fourth-order valence-electron chi connectivity index (χ4n) is 2.14. The molecule has 2 atom stereocenters. The monoisotopic (exact) mass is 248 g/mol. The summed E-state index contributed by atoms with van der Waals surface area (Å²) in [5, 5.41) is 0. The van der Waals surface area contributed by atoms with Gasteiger partial charge in [-0.15, -0.1) is 0 Å². The number of nitrogens with zero attached hydrogens (tertiary/aromatic N) is 1. The standard InChI is InChI=1S/C14H20N2O2/c1-11-9-16(8-7-13(11)15)14(17)18-10-12-5-3-2-4-6-12/h2-6,11,13H,7-10,15H2,1H3/t11-,13-/m0/s1. The van der Waals surface area contributed by atoms with Crippen LogP contribution in [-0.2, 0) is 11.3 Å². The van der Waals surface area contributed by atoms with Gasteiger partial charge >= 0.3 is 6.09 Å². The zero-order valence-corrected chi connectivity index (χ0v) is 10.7. The van der Waals surface area contributed by atoms with Crippen molar-refractivity contribution in [2.24, 2.45) is 11.7 Å². The van der Waals surface area contributed by atoms with Crippen LogP contribution in [0.15, 0.2) is 30.3 Å². The first-order valence-electron chi connectivity index (χ1n) is 6.38. The molecule has 0 spiro atoms. The van der Waals surface area contributed by atoms with Gasteiger partial charge in [0.1, 0.15) is 6.61 Å². The first-order chi connectivity index (χ1) is 8.66. The molecule has 1 heterocycles.